The highest BCUT2D eigenvalue weighted by atomic mass is 32.1. The molecule has 0 bridgehead atoms. The van der Waals surface area contributed by atoms with Crippen LogP contribution in [0, 0.1) is 0 Å². The van der Waals surface area contributed by atoms with Crippen molar-refractivity contribution in [1.29, 1.82) is 0 Å². The number of carbonyl (C=O) groups is 1. The minimum absolute atomic E-state index is 0.203. The Morgan fingerprint density at radius 3 is 3.14 bits per heavy atom. The number of anilines is 1. The smallest absolute Gasteiger partial charge is 0.261 e. The third-order valence-corrected chi connectivity index (χ3v) is 4.13. The number of nitrogens with one attached hydrogen (secondary N) is 1. The van der Waals surface area contributed by atoms with Crippen molar-refractivity contribution < 1.29 is 14.3 Å². The molecule has 0 fully saturated rings. The minimum Gasteiger partial charge on any atom is -0.493 e. The lowest BCUT2D eigenvalue weighted by atomic mass is 10.2. The van der Waals surface area contributed by atoms with Crippen LogP contribution in [0.3, 0.4) is 0 Å². The van der Waals surface area contributed by atoms with Gasteiger partial charge < -0.3 is 9.47 Å². The summed E-state index contributed by atoms with van der Waals surface area (Å²) in [4.78, 5) is 17.9. The van der Waals surface area contributed by atoms with Crippen molar-refractivity contribution in [2.75, 3.05) is 18.5 Å². The molecular formula is C15H16N2O3S. The maximum atomic E-state index is 12.4. The van der Waals surface area contributed by atoms with Crippen LogP contribution in [-0.4, -0.2) is 24.1 Å². The average Bonchev–Trinajstić information content (AvgIpc) is 2.90. The fourth-order valence-corrected chi connectivity index (χ4v) is 3.12. The SMILES string of the molecule is CCOc1ccccc1C(=O)Nc1nc2c(s1)COCC2. The Morgan fingerprint density at radius 1 is 1.48 bits per heavy atom. The molecule has 0 atom stereocenters. The lowest BCUT2D eigenvalue weighted by Gasteiger charge is -2.08. The second-order valence-electron chi connectivity index (χ2n) is 4.57. The molecule has 0 unspecified atom stereocenters. The first-order chi connectivity index (χ1) is 10.3. The lowest BCUT2D eigenvalue weighted by molar-refractivity contribution is 0.102. The van der Waals surface area contributed by atoms with Crippen LogP contribution in [0.15, 0.2) is 24.3 Å². The summed E-state index contributed by atoms with van der Waals surface area (Å²) in [5.74, 6) is 0.383. The van der Waals surface area contributed by atoms with Crippen molar-refractivity contribution in [2.45, 2.75) is 20.0 Å². The Hall–Kier alpha value is -1.92. The molecule has 2 heterocycles. The van der Waals surface area contributed by atoms with E-state index < -0.39 is 0 Å². The summed E-state index contributed by atoms with van der Waals surface area (Å²) in [5.41, 5.74) is 1.54. The van der Waals surface area contributed by atoms with Gasteiger partial charge in [-0.1, -0.05) is 23.5 Å². The molecule has 0 aliphatic carbocycles. The maximum Gasteiger partial charge on any atom is 0.261 e. The molecule has 0 spiro atoms. The standard InChI is InChI=1S/C15H16N2O3S/c1-2-20-12-6-4-3-5-10(12)14(18)17-15-16-11-7-8-19-9-13(11)21-15/h3-6H,2,7-9H2,1H3,(H,16,17,18). The molecule has 1 aromatic carbocycles. The monoisotopic (exact) mass is 304 g/mol. The minimum atomic E-state index is -0.203. The number of hydrogen-bond donors (Lipinski definition) is 1. The van der Waals surface area contributed by atoms with E-state index in [0.717, 1.165) is 17.0 Å². The molecule has 1 N–H and O–H groups in total. The van der Waals surface area contributed by atoms with Gasteiger partial charge >= 0.3 is 0 Å². The van der Waals surface area contributed by atoms with E-state index in [-0.39, 0.29) is 5.91 Å². The highest BCUT2D eigenvalue weighted by Crippen LogP contribution is 2.28. The van der Waals surface area contributed by atoms with Gasteiger partial charge in [-0.2, -0.15) is 0 Å². The van der Waals surface area contributed by atoms with Gasteiger partial charge in [-0.25, -0.2) is 4.98 Å². The molecule has 0 radical (unpaired) electrons. The molecular weight excluding hydrogens is 288 g/mol. The number of aromatic nitrogens is 1. The maximum absolute atomic E-state index is 12.4. The number of hydrogen-bond acceptors (Lipinski definition) is 5. The number of ether oxygens (including phenoxy) is 2. The Labute approximate surface area is 126 Å². The van der Waals surface area contributed by atoms with E-state index in [1.54, 1.807) is 12.1 Å². The molecule has 2 aromatic rings. The van der Waals surface area contributed by atoms with Crippen molar-refractivity contribution in [2.24, 2.45) is 0 Å². The highest BCUT2D eigenvalue weighted by Gasteiger charge is 2.18. The van der Waals surface area contributed by atoms with Gasteiger partial charge in [0.2, 0.25) is 0 Å². The van der Waals surface area contributed by atoms with Crippen molar-refractivity contribution in [3.63, 3.8) is 0 Å². The first-order valence-corrected chi connectivity index (χ1v) is 7.69. The van der Waals surface area contributed by atoms with E-state index in [1.165, 1.54) is 11.3 Å². The van der Waals surface area contributed by atoms with Gasteiger partial charge in [0.25, 0.3) is 5.91 Å². The van der Waals surface area contributed by atoms with E-state index in [4.69, 9.17) is 9.47 Å². The Morgan fingerprint density at radius 2 is 2.33 bits per heavy atom. The molecule has 1 aromatic heterocycles. The first kappa shape index (κ1) is 14.0. The number of fused-ring (bicyclic) bond motifs is 1. The molecule has 1 amide bonds. The zero-order valence-corrected chi connectivity index (χ0v) is 12.5. The Kier molecular flexibility index (Phi) is 4.17. The van der Waals surface area contributed by atoms with Crippen LogP contribution >= 0.6 is 11.3 Å². The summed E-state index contributed by atoms with van der Waals surface area (Å²) < 4.78 is 10.9. The third kappa shape index (κ3) is 3.06. The van der Waals surface area contributed by atoms with E-state index in [0.29, 0.717) is 36.3 Å². The van der Waals surface area contributed by atoms with Crippen LogP contribution < -0.4 is 10.1 Å². The predicted octanol–water partition coefficient (Wildman–Crippen LogP) is 2.87. The summed E-state index contributed by atoms with van der Waals surface area (Å²) in [6, 6.07) is 7.20. The highest BCUT2D eigenvalue weighted by molar-refractivity contribution is 7.15. The summed E-state index contributed by atoms with van der Waals surface area (Å²) in [6.45, 7) is 3.69. The molecule has 1 aliphatic heterocycles. The molecule has 0 saturated heterocycles. The van der Waals surface area contributed by atoms with Crippen LogP contribution in [0.1, 0.15) is 27.9 Å². The topological polar surface area (TPSA) is 60.5 Å². The number of benzene rings is 1. The van der Waals surface area contributed by atoms with Gasteiger partial charge in [0.05, 0.1) is 36.0 Å². The molecule has 6 heteroatoms. The number of nitrogens with zero attached hydrogens (tertiary/aromatic N) is 1. The quantitative estimate of drug-likeness (QED) is 0.943. The molecule has 3 rings (SSSR count). The molecule has 110 valence electrons. The van der Waals surface area contributed by atoms with Crippen molar-refractivity contribution in [3.8, 4) is 5.75 Å². The van der Waals surface area contributed by atoms with Gasteiger partial charge in [0, 0.05) is 6.42 Å². The number of amides is 1. The molecule has 0 saturated carbocycles. The van der Waals surface area contributed by atoms with Crippen LogP contribution in [0.25, 0.3) is 0 Å². The van der Waals surface area contributed by atoms with E-state index in [9.17, 15) is 4.79 Å². The molecule has 21 heavy (non-hydrogen) atoms. The summed E-state index contributed by atoms with van der Waals surface area (Å²) in [7, 11) is 0. The summed E-state index contributed by atoms with van der Waals surface area (Å²) >= 11 is 1.47. The summed E-state index contributed by atoms with van der Waals surface area (Å²) in [5, 5.41) is 3.46. The fourth-order valence-electron chi connectivity index (χ4n) is 2.18. The number of carbonyl (C=O) groups excluding carboxylic acids is 1. The molecule has 5 nitrogen and oxygen atoms in total. The van der Waals surface area contributed by atoms with Crippen molar-refractivity contribution in [1.82, 2.24) is 4.98 Å². The Bertz CT molecular complexity index is 631. The van der Waals surface area contributed by atoms with Crippen LogP contribution in [0.4, 0.5) is 5.13 Å². The molecule has 1 aliphatic rings. The number of rotatable bonds is 4. The fraction of sp³-hybridized carbons (Fsp3) is 0.333. The largest absolute Gasteiger partial charge is 0.493 e. The predicted molar refractivity (Wildman–Crippen MR) is 81.0 cm³/mol. The summed E-state index contributed by atoms with van der Waals surface area (Å²) in [6.07, 6.45) is 0.803. The van der Waals surface area contributed by atoms with E-state index in [2.05, 4.69) is 10.3 Å². The Balaban J connectivity index is 1.78. The van der Waals surface area contributed by atoms with Crippen LogP contribution in [-0.2, 0) is 17.8 Å². The van der Waals surface area contributed by atoms with Gasteiger partial charge in [0.15, 0.2) is 5.13 Å². The first-order valence-electron chi connectivity index (χ1n) is 6.87. The lowest BCUT2D eigenvalue weighted by Crippen LogP contribution is -2.13. The number of thiazole rings is 1. The van der Waals surface area contributed by atoms with E-state index in [1.807, 2.05) is 19.1 Å². The second-order valence-corrected chi connectivity index (χ2v) is 5.66. The van der Waals surface area contributed by atoms with Gasteiger partial charge in [0.1, 0.15) is 5.75 Å². The van der Waals surface area contributed by atoms with Gasteiger partial charge in [-0.15, -0.1) is 0 Å². The van der Waals surface area contributed by atoms with E-state index >= 15 is 0 Å². The van der Waals surface area contributed by atoms with Gasteiger partial charge in [-0.05, 0) is 19.1 Å². The van der Waals surface area contributed by atoms with Crippen molar-refractivity contribution >= 4 is 22.4 Å². The van der Waals surface area contributed by atoms with Crippen LogP contribution in [0.2, 0.25) is 0 Å². The second kappa shape index (κ2) is 6.24. The zero-order chi connectivity index (χ0) is 14.7. The average molecular weight is 304 g/mol. The third-order valence-electron chi connectivity index (χ3n) is 3.15. The van der Waals surface area contributed by atoms with Crippen molar-refractivity contribution in [3.05, 3.63) is 40.4 Å². The normalized spacial score (nSPS) is 13.6. The number of para-hydroxylation sites is 1. The van der Waals surface area contributed by atoms with Crippen LogP contribution in [0.5, 0.6) is 5.75 Å². The van der Waals surface area contributed by atoms with Gasteiger partial charge in [-0.3, -0.25) is 10.1 Å². The zero-order valence-electron chi connectivity index (χ0n) is 11.7.